The van der Waals surface area contributed by atoms with E-state index in [0.717, 1.165) is 11.9 Å². The van der Waals surface area contributed by atoms with Gasteiger partial charge in [-0.15, -0.1) is 13.2 Å². The number of fused-ring (bicyclic) bond motifs is 2. The lowest BCUT2D eigenvalue weighted by Crippen LogP contribution is -2.43. The first kappa shape index (κ1) is 22.4. The van der Waals surface area contributed by atoms with Crippen molar-refractivity contribution >= 4 is 23.0 Å². The number of ether oxygens (including phenoxy) is 1. The number of nitrogens with one attached hydrogen (secondary N) is 1. The van der Waals surface area contributed by atoms with Crippen LogP contribution >= 0.6 is 0 Å². The van der Waals surface area contributed by atoms with Crippen molar-refractivity contribution < 1.29 is 27.1 Å². The van der Waals surface area contributed by atoms with Gasteiger partial charge in [0.05, 0.1) is 6.04 Å². The number of benzene rings is 2. The fraction of sp³-hybridized carbons (Fsp3) is 0.269. The van der Waals surface area contributed by atoms with E-state index in [0.29, 0.717) is 47.6 Å². The van der Waals surface area contributed by atoms with Crippen molar-refractivity contribution in [2.45, 2.75) is 18.8 Å². The Morgan fingerprint density at radius 1 is 1.14 bits per heavy atom. The average molecular weight is 494 g/mol. The fourth-order valence-corrected chi connectivity index (χ4v) is 5.01. The first-order chi connectivity index (χ1) is 17.4. The van der Waals surface area contributed by atoms with Gasteiger partial charge in [0, 0.05) is 24.8 Å². The van der Waals surface area contributed by atoms with E-state index in [-0.39, 0.29) is 23.4 Å². The van der Waals surface area contributed by atoms with Crippen molar-refractivity contribution in [3.05, 3.63) is 72.6 Å². The second kappa shape index (κ2) is 8.54. The maximum atomic E-state index is 13.7. The van der Waals surface area contributed by atoms with Gasteiger partial charge in [-0.25, -0.2) is 0 Å². The van der Waals surface area contributed by atoms with E-state index in [1.807, 2.05) is 24.3 Å². The van der Waals surface area contributed by atoms with Gasteiger partial charge in [-0.1, -0.05) is 30.3 Å². The number of nitrogens with zero attached hydrogens (tertiary/aromatic N) is 3. The van der Waals surface area contributed by atoms with Crippen LogP contribution in [-0.4, -0.2) is 46.3 Å². The molecule has 1 saturated heterocycles. The molecule has 1 aliphatic heterocycles. The molecule has 2 aliphatic rings. The third kappa shape index (κ3) is 4.34. The number of oxazole rings is 1. The third-order valence-corrected chi connectivity index (χ3v) is 6.71. The van der Waals surface area contributed by atoms with Crippen molar-refractivity contribution in [3.8, 4) is 16.9 Å². The first-order valence-corrected chi connectivity index (χ1v) is 11.6. The molecule has 4 aromatic rings. The molecule has 2 aromatic heterocycles. The second-order valence-corrected chi connectivity index (χ2v) is 9.03. The molecule has 7 nitrogen and oxygen atoms in total. The summed E-state index contributed by atoms with van der Waals surface area (Å²) < 4.78 is 48.0. The smallest absolute Gasteiger partial charge is 0.424 e. The van der Waals surface area contributed by atoms with Crippen molar-refractivity contribution in [1.82, 2.24) is 14.9 Å². The summed E-state index contributed by atoms with van der Waals surface area (Å²) in [6, 6.07) is 16.7. The molecule has 0 unspecified atom stereocenters. The number of carbonyl (C=O) groups is 1. The van der Waals surface area contributed by atoms with Gasteiger partial charge in [0.15, 0.2) is 5.58 Å². The number of likely N-dealkylation sites (tertiary alicyclic amines) is 1. The molecular formula is C26H21F3N4O3. The highest BCUT2D eigenvalue weighted by Crippen LogP contribution is 2.50. The van der Waals surface area contributed by atoms with E-state index in [4.69, 9.17) is 4.42 Å². The van der Waals surface area contributed by atoms with Gasteiger partial charge < -0.3 is 19.4 Å². The van der Waals surface area contributed by atoms with Crippen LogP contribution in [0.2, 0.25) is 0 Å². The Morgan fingerprint density at radius 2 is 2.00 bits per heavy atom. The highest BCUT2D eigenvalue weighted by Gasteiger charge is 2.54. The number of carbonyl (C=O) groups excluding carboxylic acids is 1. The van der Waals surface area contributed by atoms with Crippen LogP contribution < -0.4 is 10.1 Å². The van der Waals surface area contributed by atoms with Crippen LogP contribution in [0.3, 0.4) is 0 Å². The SMILES string of the molecule is O=C(c1ncccc1-c1cccc(OC(F)(F)F)c1)N1C[C@H]2C[C@H]2[C@H]1CNc1nc2ccccc2o1. The lowest BCUT2D eigenvalue weighted by atomic mass is 10.0. The Morgan fingerprint density at radius 3 is 2.83 bits per heavy atom. The minimum Gasteiger partial charge on any atom is -0.424 e. The zero-order chi connectivity index (χ0) is 24.9. The van der Waals surface area contributed by atoms with Gasteiger partial charge in [-0.3, -0.25) is 9.78 Å². The van der Waals surface area contributed by atoms with Crippen LogP contribution in [0.15, 0.2) is 71.3 Å². The lowest BCUT2D eigenvalue weighted by molar-refractivity contribution is -0.274. The zero-order valence-electron chi connectivity index (χ0n) is 18.9. The summed E-state index contributed by atoms with van der Waals surface area (Å²) in [5.74, 6) is 0.191. The van der Waals surface area contributed by atoms with E-state index in [9.17, 15) is 18.0 Å². The van der Waals surface area contributed by atoms with Crippen LogP contribution in [0.4, 0.5) is 19.2 Å². The summed E-state index contributed by atoms with van der Waals surface area (Å²) in [6.45, 7) is 1.08. The van der Waals surface area contributed by atoms with Gasteiger partial charge in [-0.05, 0) is 54.2 Å². The van der Waals surface area contributed by atoms with Gasteiger partial charge in [0.25, 0.3) is 11.9 Å². The Hall–Kier alpha value is -4.08. The molecule has 0 bridgehead atoms. The Labute approximate surface area is 203 Å². The molecule has 3 atom stereocenters. The molecular weight excluding hydrogens is 473 g/mol. The Bertz CT molecular complexity index is 1400. The minimum absolute atomic E-state index is 0.0766. The standard InChI is InChI=1S/C26H21F3N4O3/c27-26(28,29)36-17-6-3-5-15(11-17)18-7-4-10-30-23(18)24(34)33-14-16-12-19(16)21(33)13-31-25-32-20-8-1-2-9-22(20)35-25/h1-11,16,19,21H,12-14H2,(H,31,32)/t16-,19-,21-/m1/s1. The molecule has 1 aliphatic carbocycles. The predicted molar refractivity (Wildman–Crippen MR) is 125 cm³/mol. The van der Waals surface area contributed by atoms with Gasteiger partial charge in [0.1, 0.15) is 17.0 Å². The monoisotopic (exact) mass is 494 g/mol. The highest BCUT2D eigenvalue weighted by atomic mass is 19.4. The van der Waals surface area contributed by atoms with Crippen LogP contribution in [-0.2, 0) is 0 Å². The molecule has 1 N–H and O–H groups in total. The van der Waals surface area contributed by atoms with Gasteiger partial charge >= 0.3 is 6.36 Å². The summed E-state index contributed by atoms with van der Waals surface area (Å²) in [7, 11) is 0. The summed E-state index contributed by atoms with van der Waals surface area (Å²) in [6.07, 6.45) is -2.25. The van der Waals surface area contributed by atoms with E-state index in [1.165, 1.54) is 24.4 Å². The maximum Gasteiger partial charge on any atom is 0.573 e. The topological polar surface area (TPSA) is 80.5 Å². The molecule has 3 heterocycles. The molecule has 2 fully saturated rings. The maximum absolute atomic E-state index is 13.7. The van der Waals surface area contributed by atoms with Crippen molar-refractivity contribution in [1.29, 1.82) is 0 Å². The molecule has 184 valence electrons. The van der Waals surface area contributed by atoms with Gasteiger partial charge in [-0.2, -0.15) is 4.98 Å². The zero-order valence-corrected chi connectivity index (χ0v) is 18.9. The van der Waals surface area contributed by atoms with E-state index in [1.54, 1.807) is 23.1 Å². The largest absolute Gasteiger partial charge is 0.573 e. The normalized spacial score (nSPS) is 20.9. The Balaban J connectivity index is 1.24. The van der Waals surface area contributed by atoms with E-state index < -0.39 is 6.36 Å². The molecule has 0 radical (unpaired) electrons. The number of halogens is 3. The summed E-state index contributed by atoms with van der Waals surface area (Å²) in [4.78, 5) is 24.2. The molecule has 0 spiro atoms. The van der Waals surface area contributed by atoms with Crippen molar-refractivity contribution in [3.63, 3.8) is 0 Å². The number of piperidine rings is 1. The number of aromatic nitrogens is 2. The number of anilines is 1. The quantitative estimate of drug-likeness (QED) is 0.389. The van der Waals surface area contributed by atoms with Crippen molar-refractivity contribution in [2.24, 2.45) is 11.8 Å². The molecule has 36 heavy (non-hydrogen) atoms. The number of rotatable bonds is 6. The number of hydrogen-bond acceptors (Lipinski definition) is 6. The van der Waals surface area contributed by atoms with Crippen molar-refractivity contribution in [2.75, 3.05) is 18.4 Å². The number of pyridine rings is 1. The fourth-order valence-electron chi connectivity index (χ4n) is 5.01. The van der Waals surface area contributed by atoms with Crippen LogP contribution in [0, 0.1) is 11.8 Å². The molecule has 1 saturated carbocycles. The summed E-state index contributed by atoms with van der Waals surface area (Å²) >= 11 is 0. The number of hydrogen-bond donors (Lipinski definition) is 1. The predicted octanol–water partition coefficient (Wildman–Crippen LogP) is 5.36. The number of alkyl halides is 3. The lowest BCUT2D eigenvalue weighted by Gasteiger charge is -2.28. The summed E-state index contributed by atoms with van der Waals surface area (Å²) in [5.41, 5.74) is 2.48. The highest BCUT2D eigenvalue weighted by molar-refractivity contribution is 5.99. The Kier molecular flexibility index (Phi) is 5.31. The number of para-hydroxylation sites is 2. The van der Waals surface area contributed by atoms with E-state index in [2.05, 4.69) is 20.0 Å². The molecule has 10 heteroatoms. The van der Waals surface area contributed by atoms with Gasteiger partial charge in [0.2, 0.25) is 0 Å². The average Bonchev–Trinajstić information content (AvgIpc) is 3.34. The minimum atomic E-state index is -4.81. The van der Waals surface area contributed by atoms with Crippen LogP contribution in [0.5, 0.6) is 5.75 Å². The first-order valence-electron chi connectivity index (χ1n) is 11.6. The second-order valence-electron chi connectivity index (χ2n) is 9.03. The third-order valence-electron chi connectivity index (χ3n) is 6.71. The number of amides is 1. The summed E-state index contributed by atoms with van der Waals surface area (Å²) in [5, 5.41) is 3.23. The molecule has 2 aromatic carbocycles. The van der Waals surface area contributed by atoms with E-state index >= 15 is 0 Å². The van der Waals surface area contributed by atoms with Crippen LogP contribution in [0.1, 0.15) is 16.9 Å². The van der Waals surface area contributed by atoms with Crippen LogP contribution in [0.25, 0.3) is 22.2 Å². The molecule has 6 rings (SSSR count). The molecule has 1 amide bonds.